The Hall–Kier alpha value is -3.14. The zero-order valence-electron chi connectivity index (χ0n) is 24.5. The molecule has 0 aromatic heterocycles. The number of likely N-dealkylation sites (N-methyl/N-ethyl adjacent to an activating group) is 1. The predicted molar refractivity (Wildman–Crippen MR) is 163 cm³/mol. The number of methoxy groups -OCH3 is 1. The molecule has 0 saturated heterocycles. The van der Waals surface area contributed by atoms with Crippen LogP contribution in [0, 0.1) is 5.92 Å². The van der Waals surface area contributed by atoms with Crippen LogP contribution in [0.1, 0.15) is 89.3 Å². The molecule has 9 nitrogen and oxygen atoms in total. The van der Waals surface area contributed by atoms with Crippen molar-refractivity contribution in [2.75, 3.05) is 33.9 Å². The molecule has 2 aromatic carbocycles. The summed E-state index contributed by atoms with van der Waals surface area (Å²) in [4.78, 5) is 38.5. The van der Waals surface area contributed by atoms with Gasteiger partial charge in [-0.2, -0.15) is 0 Å². The zero-order chi connectivity index (χ0) is 29.9. The van der Waals surface area contributed by atoms with Gasteiger partial charge in [0.15, 0.2) is 0 Å². The molecule has 0 spiro atoms. The molecule has 2 fully saturated rings. The first kappa shape index (κ1) is 31.8. The highest BCUT2D eigenvalue weighted by atomic mass is 35.5. The van der Waals surface area contributed by atoms with Crippen molar-refractivity contribution >= 4 is 29.5 Å². The summed E-state index contributed by atoms with van der Waals surface area (Å²) in [5, 5.41) is 12.6. The third-order valence-corrected chi connectivity index (χ3v) is 8.05. The lowest BCUT2D eigenvalue weighted by Gasteiger charge is -2.27. The van der Waals surface area contributed by atoms with E-state index in [1.165, 1.54) is 39.2 Å². The minimum atomic E-state index is -0.640. The first-order chi connectivity index (χ1) is 20.4. The molecule has 2 aromatic rings. The molecule has 4 N–H and O–H groups in total. The van der Waals surface area contributed by atoms with Crippen LogP contribution >= 0.6 is 11.6 Å². The first-order valence-electron chi connectivity index (χ1n) is 15.0. The van der Waals surface area contributed by atoms with Crippen LogP contribution in [-0.2, 0) is 9.47 Å². The second-order valence-electron chi connectivity index (χ2n) is 11.3. The number of hydrogen-bond donors (Lipinski definition) is 4. The number of carbonyl (C=O) groups excluding carboxylic acids is 3. The Balaban J connectivity index is 1.62. The monoisotopic (exact) mass is 598 g/mol. The highest BCUT2D eigenvalue weighted by Crippen LogP contribution is 2.31. The Bertz CT molecular complexity index is 1220. The summed E-state index contributed by atoms with van der Waals surface area (Å²) in [6.07, 6.45) is 7.79. The molecule has 2 saturated carbocycles. The van der Waals surface area contributed by atoms with Crippen molar-refractivity contribution in [2.45, 2.75) is 69.6 Å². The molecular weight excluding hydrogens is 556 g/mol. The average molecular weight is 599 g/mol. The van der Waals surface area contributed by atoms with Crippen molar-refractivity contribution in [3.05, 3.63) is 69.7 Å². The number of nitrogens with one attached hydrogen (secondary N) is 4. The topological polar surface area (TPSA) is 118 Å². The van der Waals surface area contributed by atoms with E-state index in [2.05, 4.69) is 26.0 Å². The molecule has 1 unspecified atom stereocenters. The SMILES string of the molecule is CNC[C@H](CC1CCCCC1)NC(=O)c1cc(C(=O)NC2CC2)cc(C(OCCNC(=O)OC)c2cccc(Cl)c2)c1. The number of hydrogen-bond acceptors (Lipinski definition) is 6. The Morgan fingerprint density at radius 3 is 2.36 bits per heavy atom. The molecule has 2 atom stereocenters. The lowest BCUT2D eigenvalue weighted by Crippen LogP contribution is -2.42. The van der Waals surface area contributed by atoms with E-state index in [1.807, 2.05) is 19.2 Å². The highest BCUT2D eigenvalue weighted by molar-refractivity contribution is 6.30. The molecule has 10 heteroatoms. The van der Waals surface area contributed by atoms with Gasteiger partial charge in [-0.05, 0) is 73.7 Å². The van der Waals surface area contributed by atoms with Gasteiger partial charge in [-0.3, -0.25) is 9.59 Å². The van der Waals surface area contributed by atoms with Crippen molar-refractivity contribution < 1.29 is 23.9 Å². The van der Waals surface area contributed by atoms with Crippen molar-refractivity contribution in [1.29, 1.82) is 0 Å². The van der Waals surface area contributed by atoms with Crippen LogP contribution in [-0.4, -0.2) is 63.8 Å². The molecule has 0 bridgehead atoms. The molecule has 0 heterocycles. The van der Waals surface area contributed by atoms with Gasteiger partial charge in [0, 0.05) is 41.3 Å². The summed E-state index contributed by atoms with van der Waals surface area (Å²) in [5.41, 5.74) is 2.19. The summed E-state index contributed by atoms with van der Waals surface area (Å²) < 4.78 is 10.9. The maximum atomic E-state index is 13.7. The second kappa shape index (κ2) is 15.9. The van der Waals surface area contributed by atoms with Crippen LogP contribution in [0.3, 0.4) is 0 Å². The fourth-order valence-corrected chi connectivity index (χ4v) is 5.75. The summed E-state index contributed by atoms with van der Waals surface area (Å²) >= 11 is 6.33. The lowest BCUT2D eigenvalue weighted by atomic mass is 9.84. The molecule has 2 aliphatic rings. The minimum absolute atomic E-state index is 0.0256. The summed E-state index contributed by atoms with van der Waals surface area (Å²) in [7, 11) is 3.19. The van der Waals surface area contributed by atoms with E-state index in [0.29, 0.717) is 34.2 Å². The van der Waals surface area contributed by atoms with Crippen molar-refractivity contribution in [3.8, 4) is 0 Å². The summed E-state index contributed by atoms with van der Waals surface area (Å²) in [6.45, 7) is 1.04. The Labute approximate surface area is 253 Å². The Kier molecular flexibility index (Phi) is 12.0. The maximum Gasteiger partial charge on any atom is 0.406 e. The third-order valence-electron chi connectivity index (χ3n) is 7.82. The van der Waals surface area contributed by atoms with Gasteiger partial charge in [0.25, 0.3) is 11.8 Å². The Morgan fingerprint density at radius 2 is 1.69 bits per heavy atom. The van der Waals surface area contributed by atoms with Gasteiger partial charge in [-0.1, -0.05) is 55.8 Å². The molecule has 42 heavy (non-hydrogen) atoms. The highest BCUT2D eigenvalue weighted by Gasteiger charge is 2.27. The number of rotatable bonds is 14. The minimum Gasteiger partial charge on any atom is -0.453 e. The molecular formula is C32H43ClN4O5. The van der Waals surface area contributed by atoms with Gasteiger partial charge in [0.1, 0.15) is 6.10 Å². The van der Waals surface area contributed by atoms with Gasteiger partial charge in [-0.25, -0.2) is 4.79 Å². The lowest BCUT2D eigenvalue weighted by molar-refractivity contribution is 0.0802. The largest absolute Gasteiger partial charge is 0.453 e. The molecule has 2 aliphatic carbocycles. The maximum absolute atomic E-state index is 13.7. The third kappa shape index (κ3) is 9.71. The smallest absolute Gasteiger partial charge is 0.406 e. The van der Waals surface area contributed by atoms with Gasteiger partial charge in [0.05, 0.1) is 13.7 Å². The van der Waals surface area contributed by atoms with Gasteiger partial charge < -0.3 is 30.7 Å². The molecule has 4 rings (SSSR count). The number of carbonyl (C=O) groups is 3. The van der Waals surface area contributed by atoms with Crippen LogP contribution in [0.25, 0.3) is 0 Å². The number of amides is 3. The van der Waals surface area contributed by atoms with Crippen LogP contribution in [0.4, 0.5) is 4.79 Å². The molecule has 0 radical (unpaired) electrons. The van der Waals surface area contributed by atoms with Crippen LogP contribution in [0.2, 0.25) is 5.02 Å². The van der Waals surface area contributed by atoms with E-state index in [-0.39, 0.29) is 37.0 Å². The van der Waals surface area contributed by atoms with Crippen molar-refractivity contribution in [3.63, 3.8) is 0 Å². The standard InChI is InChI=1S/C32H43ClN4O5/c1-34-20-28(15-21-7-4-3-5-8-21)37-31(39)25-17-23(16-24(18-25)30(38)36-27-11-12-27)29(22-9-6-10-26(33)19-22)42-14-13-35-32(40)41-2/h6,9-10,16-19,21,27-29,34H,3-5,7-8,11-15,20H2,1-2H3,(H,35,40)(H,36,38)(H,37,39)/t28-,29?/m0/s1. The molecule has 228 valence electrons. The second-order valence-corrected chi connectivity index (χ2v) is 11.7. The normalized spacial score (nSPS) is 16.7. The van der Waals surface area contributed by atoms with E-state index in [0.717, 1.165) is 24.8 Å². The summed E-state index contributed by atoms with van der Waals surface area (Å²) in [6, 6.07) is 12.6. The van der Waals surface area contributed by atoms with Gasteiger partial charge in [-0.15, -0.1) is 0 Å². The molecule has 3 amide bonds. The van der Waals surface area contributed by atoms with E-state index >= 15 is 0 Å². The van der Waals surface area contributed by atoms with E-state index in [4.69, 9.17) is 16.3 Å². The zero-order valence-corrected chi connectivity index (χ0v) is 25.3. The van der Waals surface area contributed by atoms with Crippen LogP contribution in [0.5, 0.6) is 0 Å². The van der Waals surface area contributed by atoms with Gasteiger partial charge >= 0.3 is 6.09 Å². The predicted octanol–water partition coefficient (Wildman–Crippen LogP) is 4.98. The van der Waals surface area contributed by atoms with E-state index in [9.17, 15) is 14.4 Å². The van der Waals surface area contributed by atoms with Crippen LogP contribution < -0.4 is 21.3 Å². The van der Waals surface area contributed by atoms with E-state index in [1.54, 1.807) is 30.3 Å². The quantitative estimate of drug-likeness (QED) is 0.228. The van der Waals surface area contributed by atoms with E-state index < -0.39 is 12.2 Å². The number of ether oxygens (including phenoxy) is 2. The fraction of sp³-hybridized carbons (Fsp3) is 0.531. The Morgan fingerprint density at radius 1 is 0.952 bits per heavy atom. The first-order valence-corrected chi connectivity index (χ1v) is 15.3. The van der Waals surface area contributed by atoms with Gasteiger partial charge in [0.2, 0.25) is 0 Å². The number of benzene rings is 2. The molecule has 0 aliphatic heterocycles. The number of halogens is 1. The summed E-state index contributed by atoms with van der Waals surface area (Å²) in [5.74, 6) is 0.146. The van der Waals surface area contributed by atoms with Crippen molar-refractivity contribution in [2.24, 2.45) is 5.92 Å². The van der Waals surface area contributed by atoms with Crippen molar-refractivity contribution in [1.82, 2.24) is 21.3 Å². The number of alkyl carbamates (subject to hydrolysis) is 1. The fourth-order valence-electron chi connectivity index (χ4n) is 5.55. The average Bonchev–Trinajstić information content (AvgIpc) is 3.81. The van der Waals surface area contributed by atoms with Crippen LogP contribution in [0.15, 0.2) is 42.5 Å².